The zero-order chi connectivity index (χ0) is 22.2. The van der Waals surface area contributed by atoms with Crippen LogP contribution in [0.1, 0.15) is 0 Å². The number of aromatic nitrogens is 3. The number of amides is 1. The Morgan fingerprint density at radius 1 is 1.19 bits per heavy atom. The fraction of sp³-hybridized carbons (Fsp3) is 0.0476. The molecule has 0 unspecified atom stereocenters. The molecule has 10 nitrogen and oxygen atoms in total. The molecule has 0 saturated heterocycles. The van der Waals surface area contributed by atoms with Crippen molar-refractivity contribution >= 4 is 50.1 Å². The summed E-state index contributed by atoms with van der Waals surface area (Å²) in [5.74, 6) is -0.959. The predicted octanol–water partition coefficient (Wildman–Crippen LogP) is 3.81. The van der Waals surface area contributed by atoms with Gasteiger partial charge in [-0.2, -0.15) is 0 Å². The van der Waals surface area contributed by atoms with Gasteiger partial charge in [0.2, 0.25) is 5.91 Å². The SMILES string of the molecule is O=C(Cn1c(=O)oc2cc([N+](=O)[O-])ccc21)Nc1ccc(-c2nc3ccccc3s2)cn1. The van der Waals surface area contributed by atoms with Gasteiger partial charge in [0.05, 0.1) is 26.7 Å². The third kappa shape index (κ3) is 3.61. The van der Waals surface area contributed by atoms with Crippen LogP contribution in [0.15, 0.2) is 70.0 Å². The van der Waals surface area contributed by atoms with Crippen LogP contribution in [-0.2, 0) is 11.3 Å². The second-order valence-electron chi connectivity index (χ2n) is 6.83. The summed E-state index contributed by atoms with van der Waals surface area (Å²) in [7, 11) is 0. The van der Waals surface area contributed by atoms with Crippen LogP contribution in [0.2, 0.25) is 0 Å². The number of oxazole rings is 1. The van der Waals surface area contributed by atoms with Gasteiger partial charge < -0.3 is 9.73 Å². The van der Waals surface area contributed by atoms with Crippen molar-refractivity contribution in [3.05, 3.63) is 81.5 Å². The first-order valence-corrected chi connectivity index (χ1v) is 10.2. The predicted molar refractivity (Wildman–Crippen MR) is 119 cm³/mol. The van der Waals surface area contributed by atoms with E-state index < -0.39 is 16.6 Å². The number of para-hydroxylation sites is 1. The number of fused-ring (bicyclic) bond motifs is 2. The molecule has 3 aromatic heterocycles. The number of thiazole rings is 1. The van der Waals surface area contributed by atoms with Gasteiger partial charge in [0.1, 0.15) is 17.4 Å². The Morgan fingerprint density at radius 2 is 2.03 bits per heavy atom. The van der Waals surface area contributed by atoms with Crippen LogP contribution < -0.4 is 11.1 Å². The topological polar surface area (TPSA) is 133 Å². The third-order valence-corrected chi connectivity index (χ3v) is 5.82. The number of rotatable bonds is 5. The summed E-state index contributed by atoms with van der Waals surface area (Å²) in [5, 5.41) is 14.3. The quantitative estimate of drug-likeness (QED) is 0.320. The summed E-state index contributed by atoms with van der Waals surface area (Å²) in [6.07, 6.45) is 1.62. The monoisotopic (exact) mass is 447 g/mol. The van der Waals surface area contributed by atoms with Gasteiger partial charge in [0, 0.05) is 17.8 Å². The van der Waals surface area contributed by atoms with E-state index in [1.807, 2.05) is 24.3 Å². The normalized spacial score (nSPS) is 11.1. The third-order valence-electron chi connectivity index (χ3n) is 4.74. The van der Waals surface area contributed by atoms with Crippen molar-refractivity contribution in [3.63, 3.8) is 0 Å². The van der Waals surface area contributed by atoms with Crippen molar-refractivity contribution < 1.29 is 14.1 Å². The highest BCUT2D eigenvalue weighted by molar-refractivity contribution is 7.21. The van der Waals surface area contributed by atoms with Crippen LogP contribution in [-0.4, -0.2) is 25.4 Å². The van der Waals surface area contributed by atoms with E-state index in [1.54, 1.807) is 29.7 Å². The molecule has 0 atom stereocenters. The molecule has 5 rings (SSSR count). The molecule has 0 bridgehead atoms. The van der Waals surface area contributed by atoms with Crippen molar-refractivity contribution in [2.45, 2.75) is 6.54 Å². The summed E-state index contributed by atoms with van der Waals surface area (Å²) in [6, 6.07) is 15.0. The second kappa shape index (κ2) is 7.71. The highest BCUT2D eigenvalue weighted by atomic mass is 32.1. The highest BCUT2D eigenvalue weighted by Gasteiger charge is 2.16. The number of carbonyl (C=O) groups is 1. The lowest BCUT2D eigenvalue weighted by Crippen LogP contribution is -2.25. The number of benzene rings is 2. The number of pyridine rings is 1. The minimum atomic E-state index is -0.783. The Balaban J connectivity index is 1.32. The zero-order valence-electron chi connectivity index (χ0n) is 16.2. The van der Waals surface area contributed by atoms with Crippen molar-refractivity contribution in [1.82, 2.24) is 14.5 Å². The Bertz CT molecular complexity index is 1520. The number of nitro benzene ring substituents is 1. The molecule has 0 fully saturated rings. The molecule has 0 saturated carbocycles. The van der Waals surface area contributed by atoms with Gasteiger partial charge in [-0.05, 0) is 30.3 Å². The van der Waals surface area contributed by atoms with Gasteiger partial charge in [-0.3, -0.25) is 19.5 Å². The van der Waals surface area contributed by atoms with Gasteiger partial charge in [0.25, 0.3) is 5.69 Å². The summed E-state index contributed by atoms with van der Waals surface area (Å²) in [5.41, 5.74) is 1.85. The average molecular weight is 447 g/mol. The summed E-state index contributed by atoms with van der Waals surface area (Å²) in [6.45, 7) is -0.328. The van der Waals surface area contributed by atoms with E-state index in [4.69, 9.17) is 4.42 Å². The number of nitrogens with zero attached hydrogens (tertiary/aromatic N) is 4. The number of hydrogen-bond donors (Lipinski definition) is 1. The molecule has 11 heteroatoms. The molecule has 158 valence electrons. The minimum Gasteiger partial charge on any atom is -0.407 e. The van der Waals surface area contributed by atoms with Crippen LogP contribution in [0.4, 0.5) is 11.5 Å². The fourth-order valence-electron chi connectivity index (χ4n) is 3.23. The molecular weight excluding hydrogens is 434 g/mol. The maximum Gasteiger partial charge on any atom is 0.420 e. The average Bonchev–Trinajstić information content (AvgIpc) is 3.35. The Hall–Kier alpha value is -4.38. The molecule has 0 radical (unpaired) electrons. The minimum absolute atomic E-state index is 0.0373. The lowest BCUT2D eigenvalue weighted by molar-refractivity contribution is -0.384. The molecular formula is C21H13N5O5S. The Morgan fingerprint density at radius 3 is 2.78 bits per heavy atom. The first-order chi connectivity index (χ1) is 15.5. The van der Waals surface area contributed by atoms with Gasteiger partial charge in [0.15, 0.2) is 5.58 Å². The molecule has 0 aliphatic carbocycles. The lowest BCUT2D eigenvalue weighted by Gasteiger charge is -2.05. The molecule has 0 aliphatic rings. The van der Waals surface area contributed by atoms with E-state index in [1.165, 1.54) is 12.1 Å². The fourth-order valence-corrected chi connectivity index (χ4v) is 4.19. The molecule has 5 aromatic rings. The van der Waals surface area contributed by atoms with Gasteiger partial charge >= 0.3 is 5.76 Å². The van der Waals surface area contributed by atoms with Gasteiger partial charge in [-0.1, -0.05) is 12.1 Å². The van der Waals surface area contributed by atoms with E-state index >= 15 is 0 Å². The smallest absolute Gasteiger partial charge is 0.407 e. The van der Waals surface area contributed by atoms with E-state index in [0.29, 0.717) is 5.82 Å². The number of hydrogen-bond acceptors (Lipinski definition) is 8. The molecule has 2 aromatic carbocycles. The van der Waals surface area contributed by atoms with Crippen molar-refractivity contribution in [3.8, 4) is 10.6 Å². The Kier molecular flexibility index (Phi) is 4.71. The summed E-state index contributed by atoms with van der Waals surface area (Å²) < 4.78 is 7.21. The number of nitrogens with one attached hydrogen (secondary N) is 1. The highest BCUT2D eigenvalue weighted by Crippen LogP contribution is 2.29. The largest absolute Gasteiger partial charge is 0.420 e. The van der Waals surface area contributed by atoms with E-state index in [0.717, 1.165) is 31.4 Å². The molecule has 1 amide bonds. The standard InChI is InChI=1S/C21H13N5O5S/c27-19(11-25-15-7-6-13(26(29)30)9-16(15)31-21(25)28)24-18-8-5-12(10-22-18)20-23-14-3-1-2-4-17(14)32-20/h1-10H,11H2,(H,22,24,27). The first kappa shape index (κ1) is 19.6. The molecule has 3 heterocycles. The number of carbonyl (C=O) groups excluding carboxylic acids is 1. The maximum absolute atomic E-state index is 12.5. The van der Waals surface area contributed by atoms with E-state index in [2.05, 4.69) is 15.3 Å². The number of anilines is 1. The molecule has 0 spiro atoms. The number of non-ortho nitro benzene ring substituents is 1. The maximum atomic E-state index is 12.5. The van der Waals surface area contributed by atoms with Crippen LogP contribution in [0.25, 0.3) is 31.9 Å². The van der Waals surface area contributed by atoms with Crippen LogP contribution in [0.3, 0.4) is 0 Å². The molecule has 32 heavy (non-hydrogen) atoms. The van der Waals surface area contributed by atoms with Crippen molar-refractivity contribution in [1.29, 1.82) is 0 Å². The second-order valence-corrected chi connectivity index (χ2v) is 7.86. The van der Waals surface area contributed by atoms with Crippen LogP contribution >= 0.6 is 11.3 Å². The van der Waals surface area contributed by atoms with Crippen molar-refractivity contribution in [2.24, 2.45) is 0 Å². The lowest BCUT2D eigenvalue weighted by atomic mass is 10.3. The van der Waals surface area contributed by atoms with E-state index in [9.17, 15) is 19.7 Å². The summed E-state index contributed by atoms with van der Waals surface area (Å²) >= 11 is 1.55. The summed E-state index contributed by atoms with van der Waals surface area (Å²) in [4.78, 5) is 43.7. The van der Waals surface area contributed by atoms with Crippen molar-refractivity contribution in [2.75, 3.05) is 5.32 Å². The van der Waals surface area contributed by atoms with Gasteiger partial charge in [-0.15, -0.1) is 11.3 Å². The zero-order valence-corrected chi connectivity index (χ0v) is 17.0. The van der Waals surface area contributed by atoms with E-state index in [-0.39, 0.29) is 23.3 Å². The molecule has 1 N–H and O–H groups in total. The van der Waals surface area contributed by atoms with Crippen LogP contribution in [0.5, 0.6) is 0 Å². The Labute approximate surface area is 182 Å². The first-order valence-electron chi connectivity index (χ1n) is 9.37. The number of nitro groups is 1. The molecule has 0 aliphatic heterocycles. The van der Waals surface area contributed by atoms with Gasteiger partial charge in [-0.25, -0.2) is 14.8 Å². The van der Waals surface area contributed by atoms with Crippen LogP contribution in [0, 0.1) is 10.1 Å².